The Morgan fingerprint density at radius 1 is 1.07 bits per heavy atom. The largest absolute Gasteiger partial charge is 0.507 e. The molecule has 7 heteroatoms. The molecule has 0 aliphatic carbocycles. The van der Waals surface area contributed by atoms with E-state index in [4.69, 9.17) is 14.0 Å². The number of carbonyl (C=O) groups is 1. The minimum atomic E-state index is -0.678. The van der Waals surface area contributed by atoms with Crippen LogP contribution in [-0.2, 0) is 11.3 Å². The molecule has 0 amide bonds. The second-order valence-electron chi connectivity index (χ2n) is 6.23. The minimum absolute atomic E-state index is 0.0742. The highest BCUT2D eigenvalue weighted by Crippen LogP contribution is 2.28. The number of aromatic nitrogens is 2. The summed E-state index contributed by atoms with van der Waals surface area (Å²) in [6.07, 6.45) is 0. The maximum atomic E-state index is 12.4. The average molecular weight is 390 g/mol. The number of hydrogen-bond donors (Lipinski definition) is 1. The molecule has 0 saturated carbocycles. The molecule has 3 aromatic carbocycles. The Morgan fingerprint density at radius 3 is 2.59 bits per heavy atom. The first-order chi connectivity index (χ1) is 14.2. The van der Waals surface area contributed by atoms with E-state index in [1.165, 1.54) is 6.07 Å². The van der Waals surface area contributed by atoms with Crippen LogP contribution < -0.4 is 4.74 Å². The third-order valence-electron chi connectivity index (χ3n) is 4.31. The van der Waals surface area contributed by atoms with Crippen LogP contribution in [0.2, 0.25) is 0 Å². The monoisotopic (exact) mass is 390 g/mol. The highest BCUT2D eigenvalue weighted by molar-refractivity contribution is 5.98. The molecule has 0 fully saturated rings. The molecule has 0 atom stereocenters. The van der Waals surface area contributed by atoms with Crippen LogP contribution in [-0.4, -0.2) is 27.8 Å². The zero-order chi connectivity index (χ0) is 20.2. The van der Waals surface area contributed by atoms with Crippen LogP contribution in [0.3, 0.4) is 0 Å². The summed E-state index contributed by atoms with van der Waals surface area (Å²) >= 11 is 0. The van der Waals surface area contributed by atoms with Crippen molar-refractivity contribution in [2.75, 3.05) is 6.61 Å². The Kier molecular flexibility index (Phi) is 5.11. The van der Waals surface area contributed by atoms with Crippen molar-refractivity contribution >= 4 is 16.7 Å². The number of rotatable bonds is 6. The summed E-state index contributed by atoms with van der Waals surface area (Å²) < 4.78 is 16.0. The predicted octanol–water partition coefficient (Wildman–Crippen LogP) is 4.35. The van der Waals surface area contributed by atoms with Gasteiger partial charge in [0.15, 0.2) is 6.61 Å². The van der Waals surface area contributed by atoms with Crippen molar-refractivity contribution < 1.29 is 23.9 Å². The molecule has 146 valence electrons. The lowest BCUT2D eigenvalue weighted by Crippen LogP contribution is -2.06. The van der Waals surface area contributed by atoms with E-state index in [0.29, 0.717) is 23.7 Å². The van der Waals surface area contributed by atoms with Gasteiger partial charge in [-0.2, -0.15) is 4.98 Å². The molecule has 7 nitrogen and oxygen atoms in total. The van der Waals surface area contributed by atoms with E-state index in [2.05, 4.69) is 10.1 Å². The molecule has 1 aromatic heterocycles. The lowest BCUT2D eigenvalue weighted by molar-refractivity contribution is 0.0427. The van der Waals surface area contributed by atoms with Crippen molar-refractivity contribution in [2.45, 2.75) is 13.5 Å². The normalized spacial score (nSPS) is 10.8. The number of fused-ring (bicyclic) bond motifs is 1. The molecule has 0 radical (unpaired) electrons. The predicted molar refractivity (Wildman–Crippen MR) is 106 cm³/mol. The van der Waals surface area contributed by atoms with Gasteiger partial charge in [0.05, 0.1) is 12.2 Å². The Bertz CT molecular complexity index is 1170. The van der Waals surface area contributed by atoms with Crippen LogP contribution in [0.1, 0.15) is 23.2 Å². The van der Waals surface area contributed by atoms with E-state index in [9.17, 15) is 9.90 Å². The van der Waals surface area contributed by atoms with Crippen LogP contribution in [0.5, 0.6) is 11.5 Å². The molecule has 4 aromatic rings. The summed E-state index contributed by atoms with van der Waals surface area (Å²) in [5.41, 5.74) is 0.757. The molecule has 0 bridgehead atoms. The van der Waals surface area contributed by atoms with Gasteiger partial charge in [0.2, 0.25) is 5.82 Å². The number of phenols is 1. The van der Waals surface area contributed by atoms with Gasteiger partial charge in [0.1, 0.15) is 17.1 Å². The van der Waals surface area contributed by atoms with Gasteiger partial charge >= 0.3 is 5.97 Å². The fourth-order valence-electron chi connectivity index (χ4n) is 2.95. The molecule has 0 saturated heterocycles. The molecule has 1 N–H and O–H groups in total. The van der Waals surface area contributed by atoms with Gasteiger partial charge in [-0.15, -0.1) is 0 Å². The molecule has 0 unspecified atom stereocenters. The van der Waals surface area contributed by atoms with Crippen molar-refractivity contribution in [3.8, 4) is 22.9 Å². The van der Waals surface area contributed by atoms with Crippen molar-refractivity contribution in [1.29, 1.82) is 0 Å². The molecular formula is C22H18N2O5. The first-order valence-corrected chi connectivity index (χ1v) is 9.09. The zero-order valence-electron chi connectivity index (χ0n) is 15.7. The molecule has 29 heavy (non-hydrogen) atoms. The van der Waals surface area contributed by atoms with Crippen LogP contribution in [0.4, 0.5) is 0 Å². The molecule has 0 aliphatic rings. The number of nitrogens with zero attached hydrogens (tertiary/aromatic N) is 2. The maximum absolute atomic E-state index is 12.4. The number of esters is 1. The molecule has 4 rings (SSSR count). The number of para-hydroxylation sites is 1. The molecular weight excluding hydrogens is 372 g/mol. The first-order valence-electron chi connectivity index (χ1n) is 9.09. The maximum Gasteiger partial charge on any atom is 0.342 e. The van der Waals surface area contributed by atoms with Gasteiger partial charge in [0.25, 0.3) is 5.89 Å². The van der Waals surface area contributed by atoms with Crippen LogP contribution in [0.15, 0.2) is 65.2 Å². The highest BCUT2D eigenvalue weighted by atomic mass is 16.6. The third-order valence-corrected chi connectivity index (χ3v) is 4.31. The Labute approximate surface area is 166 Å². The van der Waals surface area contributed by atoms with E-state index in [-0.39, 0.29) is 23.8 Å². The summed E-state index contributed by atoms with van der Waals surface area (Å²) in [5.74, 6) is 0.294. The third kappa shape index (κ3) is 3.89. The summed E-state index contributed by atoms with van der Waals surface area (Å²) in [6.45, 7) is 2.18. The van der Waals surface area contributed by atoms with Crippen molar-refractivity contribution in [3.63, 3.8) is 0 Å². The summed E-state index contributed by atoms with van der Waals surface area (Å²) in [5, 5.41) is 15.7. The van der Waals surface area contributed by atoms with E-state index in [1.807, 2.05) is 55.5 Å². The van der Waals surface area contributed by atoms with Crippen molar-refractivity contribution in [3.05, 3.63) is 72.1 Å². The number of phenolic OH excluding ortho intramolecular Hbond substituents is 1. The zero-order valence-corrected chi connectivity index (χ0v) is 15.7. The van der Waals surface area contributed by atoms with Gasteiger partial charge in [-0.25, -0.2) is 4.79 Å². The minimum Gasteiger partial charge on any atom is -0.507 e. The molecule has 0 spiro atoms. The summed E-state index contributed by atoms with van der Waals surface area (Å²) in [7, 11) is 0. The number of benzene rings is 3. The van der Waals surface area contributed by atoms with Crippen molar-refractivity contribution in [2.24, 2.45) is 0 Å². The lowest BCUT2D eigenvalue weighted by Gasteiger charge is -2.06. The van der Waals surface area contributed by atoms with Gasteiger partial charge in [0, 0.05) is 0 Å². The lowest BCUT2D eigenvalue weighted by atomic mass is 10.1. The first kappa shape index (κ1) is 18.5. The van der Waals surface area contributed by atoms with Gasteiger partial charge < -0.3 is 19.1 Å². The number of hydrogen-bond acceptors (Lipinski definition) is 7. The van der Waals surface area contributed by atoms with Gasteiger partial charge in [-0.05, 0) is 42.0 Å². The molecule has 0 aliphatic heterocycles. The number of carbonyl (C=O) groups excluding carboxylic acids is 1. The SMILES string of the molecule is CCOc1ccccc1-c1noc(COC(=O)c2cc3ccccc3cc2O)n1. The number of aromatic hydroxyl groups is 1. The quantitative estimate of drug-likeness (QED) is 0.489. The topological polar surface area (TPSA) is 94.7 Å². The van der Waals surface area contributed by atoms with E-state index in [1.54, 1.807) is 6.07 Å². The number of ether oxygens (including phenoxy) is 2. The van der Waals surface area contributed by atoms with Gasteiger partial charge in [-0.1, -0.05) is 41.6 Å². The Morgan fingerprint density at radius 2 is 1.79 bits per heavy atom. The van der Waals surface area contributed by atoms with E-state index in [0.717, 1.165) is 10.8 Å². The summed E-state index contributed by atoms with van der Waals surface area (Å²) in [6, 6.07) is 17.9. The van der Waals surface area contributed by atoms with Crippen LogP contribution in [0, 0.1) is 0 Å². The van der Waals surface area contributed by atoms with E-state index >= 15 is 0 Å². The van der Waals surface area contributed by atoms with Crippen LogP contribution >= 0.6 is 0 Å². The second-order valence-corrected chi connectivity index (χ2v) is 6.23. The summed E-state index contributed by atoms with van der Waals surface area (Å²) in [4.78, 5) is 16.7. The fraction of sp³-hybridized carbons (Fsp3) is 0.136. The second kappa shape index (κ2) is 8.02. The fourth-order valence-corrected chi connectivity index (χ4v) is 2.95. The Hall–Kier alpha value is -3.87. The van der Waals surface area contributed by atoms with Gasteiger partial charge in [-0.3, -0.25) is 0 Å². The smallest absolute Gasteiger partial charge is 0.342 e. The molecule has 1 heterocycles. The highest BCUT2D eigenvalue weighted by Gasteiger charge is 2.17. The van der Waals surface area contributed by atoms with Crippen molar-refractivity contribution in [1.82, 2.24) is 10.1 Å². The van der Waals surface area contributed by atoms with E-state index < -0.39 is 5.97 Å². The Balaban J connectivity index is 1.49. The van der Waals surface area contributed by atoms with Crippen LogP contribution in [0.25, 0.3) is 22.2 Å². The average Bonchev–Trinajstić information content (AvgIpc) is 3.21. The standard InChI is InChI=1S/C22H18N2O5/c1-2-27-19-10-6-5-9-16(19)21-23-20(29-24-21)13-28-22(26)17-11-14-7-3-4-8-15(14)12-18(17)25/h3-12,25H,2,13H2,1H3.